The van der Waals surface area contributed by atoms with Crippen molar-refractivity contribution in [2.75, 3.05) is 6.61 Å². The third-order valence-corrected chi connectivity index (χ3v) is 3.72. The highest BCUT2D eigenvalue weighted by Crippen LogP contribution is 2.20. The van der Waals surface area contributed by atoms with Crippen LogP contribution in [0.4, 0.5) is 0 Å². The Morgan fingerprint density at radius 3 is 2.32 bits per heavy atom. The first-order chi connectivity index (χ1) is 10.6. The average molecular weight is 359 g/mol. The van der Waals surface area contributed by atoms with Crippen LogP contribution in [0.2, 0.25) is 0 Å². The Balaban J connectivity index is 2.36. The van der Waals surface area contributed by atoms with Gasteiger partial charge in [0.1, 0.15) is 6.61 Å². The molecule has 0 amide bonds. The molecule has 2 aromatic carbocycles. The van der Waals surface area contributed by atoms with E-state index in [4.69, 9.17) is 4.74 Å². The predicted molar refractivity (Wildman–Crippen MR) is 89.5 cm³/mol. The zero-order chi connectivity index (χ0) is 15.9. The van der Waals surface area contributed by atoms with Crippen LogP contribution in [0, 0.1) is 0 Å². The topological polar surface area (TPSA) is 43.4 Å². The smallest absolute Gasteiger partial charge is 0.302 e. The number of benzene rings is 2. The highest BCUT2D eigenvalue weighted by molar-refractivity contribution is 9.10. The highest BCUT2D eigenvalue weighted by Gasteiger charge is 2.14. The SMILES string of the molecule is CC(=O)OC/C(=C/c1ccccc1Br)C(=O)c1ccccc1. The summed E-state index contributed by atoms with van der Waals surface area (Å²) >= 11 is 3.45. The molecular formula is C18H15BrO3. The monoisotopic (exact) mass is 358 g/mol. The van der Waals surface area contributed by atoms with E-state index in [0.717, 1.165) is 10.0 Å². The molecule has 2 rings (SSSR count). The molecule has 3 nitrogen and oxygen atoms in total. The Labute approximate surface area is 137 Å². The van der Waals surface area contributed by atoms with Gasteiger partial charge in [0.05, 0.1) is 0 Å². The van der Waals surface area contributed by atoms with Crippen LogP contribution in [-0.2, 0) is 9.53 Å². The molecule has 0 spiro atoms. The summed E-state index contributed by atoms with van der Waals surface area (Å²) in [6.45, 7) is 1.27. The van der Waals surface area contributed by atoms with Gasteiger partial charge >= 0.3 is 5.97 Å². The largest absolute Gasteiger partial charge is 0.461 e. The molecule has 2 aromatic rings. The molecule has 0 radical (unpaired) electrons. The summed E-state index contributed by atoms with van der Waals surface area (Å²) in [6, 6.07) is 16.5. The Morgan fingerprint density at radius 1 is 1.05 bits per heavy atom. The maximum atomic E-state index is 12.6. The molecule has 0 aliphatic rings. The maximum Gasteiger partial charge on any atom is 0.302 e. The summed E-state index contributed by atoms with van der Waals surface area (Å²) in [5.74, 6) is -0.573. The summed E-state index contributed by atoms with van der Waals surface area (Å²) in [5.41, 5.74) is 1.84. The zero-order valence-electron chi connectivity index (χ0n) is 12.1. The normalized spacial score (nSPS) is 11.1. The van der Waals surface area contributed by atoms with Gasteiger partial charge in [0.25, 0.3) is 0 Å². The summed E-state index contributed by atoms with van der Waals surface area (Å²) in [7, 11) is 0. The van der Waals surface area contributed by atoms with Crippen molar-refractivity contribution in [1.29, 1.82) is 0 Å². The van der Waals surface area contributed by atoms with Crippen LogP contribution < -0.4 is 0 Å². The molecule has 0 N–H and O–H groups in total. The first kappa shape index (κ1) is 16.2. The van der Waals surface area contributed by atoms with Crippen LogP contribution in [0.15, 0.2) is 64.6 Å². The molecule has 0 bridgehead atoms. The van der Waals surface area contributed by atoms with Crippen LogP contribution in [0.3, 0.4) is 0 Å². The van der Waals surface area contributed by atoms with Gasteiger partial charge in [-0.2, -0.15) is 0 Å². The molecular weight excluding hydrogens is 344 g/mol. The van der Waals surface area contributed by atoms with Crippen molar-refractivity contribution in [1.82, 2.24) is 0 Å². The van der Waals surface area contributed by atoms with Gasteiger partial charge < -0.3 is 4.74 Å². The van der Waals surface area contributed by atoms with E-state index in [9.17, 15) is 9.59 Å². The lowest BCUT2D eigenvalue weighted by atomic mass is 10.0. The van der Waals surface area contributed by atoms with E-state index in [1.807, 2.05) is 30.3 Å². The van der Waals surface area contributed by atoms with Gasteiger partial charge in [-0.25, -0.2) is 0 Å². The first-order valence-corrected chi connectivity index (χ1v) is 7.55. The minimum absolute atomic E-state index is 0.0512. The summed E-state index contributed by atoms with van der Waals surface area (Å²) < 4.78 is 5.89. The lowest BCUT2D eigenvalue weighted by Crippen LogP contribution is -2.12. The second kappa shape index (κ2) is 7.71. The van der Waals surface area contributed by atoms with Gasteiger partial charge in [-0.3, -0.25) is 9.59 Å². The number of ketones is 1. The molecule has 0 aromatic heterocycles. The molecule has 22 heavy (non-hydrogen) atoms. The third kappa shape index (κ3) is 4.40. The zero-order valence-corrected chi connectivity index (χ0v) is 13.7. The molecule has 0 fully saturated rings. The fourth-order valence-corrected chi connectivity index (χ4v) is 2.31. The minimum Gasteiger partial charge on any atom is -0.461 e. The standard InChI is InChI=1S/C18H15BrO3/c1-13(20)22-12-16(11-15-9-5-6-10-17(15)19)18(21)14-7-3-2-4-8-14/h2-11H,12H2,1H3/b16-11-. The predicted octanol–water partition coefficient (Wildman–Crippen LogP) is 4.28. The van der Waals surface area contributed by atoms with Crippen LogP contribution >= 0.6 is 15.9 Å². The number of carbonyl (C=O) groups is 2. The van der Waals surface area contributed by atoms with Crippen LogP contribution in [0.5, 0.6) is 0 Å². The van der Waals surface area contributed by atoms with Crippen LogP contribution in [-0.4, -0.2) is 18.4 Å². The van der Waals surface area contributed by atoms with Crippen molar-refractivity contribution in [2.45, 2.75) is 6.92 Å². The van der Waals surface area contributed by atoms with E-state index in [1.165, 1.54) is 6.92 Å². The number of halogens is 1. The number of rotatable bonds is 5. The number of esters is 1. The van der Waals surface area contributed by atoms with Gasteiger partial charge in [0, 0.05) is 22.5 Å². The molecule has 0 atom stereocenters. The van der Waals surface area contributed by atoms with Crippen molar-refractivity contribution in [2.24, 2.45) is 0 Å². The Bertz CT molecular complexity index is 705. The lowest BCUT2D eigenvalue weighted by Gasteiger charge is -2.08. The van der Waals surface area contributed by atoms with E-state index in [0.29, 0.717) is 11.1 Å². The summed E-state index contributed by atoms with van der Waals surface area (Å²) in [4.78, 5) is 23.7. The summed E-state index contributed by atoms with van der Waals surface area (Å²) in [5, 5.41) is 0. The van der Waals surface area contributed by atoms with Crippen molar-refractivity contribution < 1.29 is 14.3 Å². The Hall–Kier alpha value is -2.20. The number of carbonyl (C=O) groups excluding carboxylic acids is 2. The second-order valence-electron chi connectivity index (χ2n) is 4.67. The van der Waals surface area contributed by atoms with Crippen LogP contribution in [0.1, 0.15) is 22.8 Å². The number of hydrogen-bond donors (Lipinski definition) is 0. The molecule has 112 valence electrons. The lowest BCUT2D eigenvalue weighted by molar-refractivity contribution is -0.139. The van der Waals surface area contributed by atoms with Crippen molar-refractivity contribution in [3.8, 4) is 0 Å². The molecule has 0 saturated carbocycles. The van der Waals surface area contributed by atoms with Gasteiger partial charge in [-0.15, -0.1) is 0 Å². The minimum atomic E-state index is -0.418. The molecule has 0 aliphatic heterocycles. The van der Waals surface area contributed by atoms with E-state index in [-0.39, 0.29) is 12.4 Å². The van der Waals surface area contributed by atoms with Crippen molar-refractivity contribution in [3.05, 3.63) is 75.8 Å². The van der Waals surface area contributed by atoms with E-state index >= 15 is 0 Å². The quantitative estimate of drug-likeness (QED) is 0.455. The Morgan fingerprint density at radius 2 is 1.68 bits per heavy atom. The van der Waals surface area contributed by atoms with E-state index in [1.54, 1.807) is 30.3 Å². The second-order valence-corrected chi connectivity index (χ2v) is 5.52. The maximum absolute atomic E-state index is 12.6. The van der Waals surface area contributed by atoms with Gasteiger partial charge in [-0.05, 0) is 17.7 Å². The molecule has 0 unspecified atom stereocenters. The Kier molecular flexibility index (Phi) is 5.67. The third-order valence-electron chi connectivity index (χ3n) is 2.99. The van der Waals surface area contributed by atoms with E-state index in [2.05, 4.69) is 15.9 Å². The summed E-state index contributed by atoms with van der Waals surface area (Å²) in [6.07, 6.45) is 1.74. The number of hydrogen-bond acceptors (Lipinski definition) is 3. The fraction of sp³-hybridized carbons (Fsp3) is 0.111. The highest BCUT2D eigenvalue weighted by atomic mass is 79.9. The van der Waals surface area contributed by atoms with Crippen molar-refractivity contribution in [3.63, 3.8) is 0 Å². The number of ether oxygens (including phenoxy) is 1. The van der Waals surface area contributed by atoms with E-state index < -0.39 is 5.97 Å². The molecule has 0 aliphatic carbocycles. The first-order valence-electron chi connectivity index (χ1n) is 6.76. The fourth-order valence-electron chi connectivity index (χ4n) is 1.91. The van der Waals surface area contributed by atoms with Crippen LogP contribution in [0.25, 0.3) is 6.08 Å². The van der Waals surface area contributed by atoms with Gasteiger partial charge in [0.2, 0.25) is 0 Å². The number of Topliss-reactive ketones (excluding diaryl/α,β-unsaturated/α-hetero) is 1. The van der Waals surface area contributed by atoms with Gasteiger partial charge in [-0.1, -0.05) is 64.5 Å². The molecule has 0 saturated heterocycles. The van der Waals surface area contributed by atoms with Crippen molar-refractivity contribution >= 4 is 33.8 Å². The van der Waals surface area contributed by atoms with Gasteiger partial charge in [0.15, 0.2) is 5.78 Å². The average Bonchev–Trinajstić information content (AvgIpc) is 2.53. The molecule has 0 heterocycles. The molecule has 4 heteroatoms.